The summed E-state index contributed by atoms with van der Waals surface area (Å²) < 4.78 is 7.69. The van der Waals surface area contributed by atoms with Gasteiger partial charge in [-0.15, -0.1) is 0 Å². The number of fused-ring (bicyclic) bond motifs is 1. The lowest BCUT2D eigenvalue weighted by atomic mass is 10.3. The molecule has 24 heavy (non-hydrogen) atoms. The van der Waals surface area contributed by atoms with Crippen molar-refractivity contribution in [2.45, 2.75) is 20.0 Å². The summed E-state index contributed by atoms with van der Waals surface area (Å²) in [5, 5.41) is 8.80. The van der Waals surface area contributed by atoms with Crippen LogP contribution in [0.2, 0.25) is 0 Å². The van der Waals surface area contributed by atoms with Crippen molar-refractivity contribution in [1.29, 1.82) is 5.26 Å². The Hall–Kier alpha value is -2.01. The number of hydrogen-bond acceptors (Lipinski definition) is 6. The third-order valence-electron chi connectivity index (χ3n) is 4.37. The maximum atomic E-state index is 8.80. The molecule has 1 aliphatic heterocycles. The van der Waals surface area contributed by atoms with E-state index in [1.165, 1.54) is 0 Å². The molecule has 0 N–H and O–H groups in total. The number of imidazole rings is 1. The summed E-state index contributed by atoms with van der Waals surface area (Å²) in [6.07, 6.45) is 1.81. The van der Waals surface area contributed by atoms with Crippen LogP contribution in [0, 0.1) is 11.3 Å². The first-order valence-electron chi connectivity index (χ1n) is 8.51. The number of hydrogen-bond donors (Lipinski definition) is 0. The zero-order chi connectivity index (χ0) is 16.8. The van der Waals surface area contributed by atoms with Gasteiger partial charge >= 0.3 is 0 Å². The van der Waals surface area contributed by atoms with Crippen LogP contribution in [0.4, 0.5) is 0 Å². The van der Waals surface area contributed by atoms with Crippen LogP contribution in [0.5, 0.6) is 0 Å². The number of rotatable bonds is 7. The molecule has 1 saturated heterocycles. The molecule has 7 heteroatoms. The fraction of sp³-hybridized carbons (Fsp3) is 0.588. The Morgan fingerprint density at radius 1 is 1.25 bits per heavy atom. The van der Waals surface area contributed by atoms with E-state index in [1.54, 1.807) is 0 Å². The first kappa shape index (κ1) is 16.8. The first-order chi connectivity index (χ1) is 11.8. The molecular weight excluding hydrogens is 304 g/mol. The van der Waals surface area contributed by atoms with E-state index in [9.17, 15) is 0 Å². The molecule has 1 aliphatic rings. The van der Waals surface area contributed by atoms with Crippen molar-refractivity contribution in [2.75, 3.05) is 45.9 Å². The Labute approximate surface area is 142 Å². The SMILES string of the molecule is CCOCCn1c(CN2CCN(CC#N)CC2)nc2cccnc21. The number of nitriles is 1. The minimum atomic E-state index is 0.518. The van der Waals surface area contributed by atoms with E-state index in [0.717, 1.165) is 62.9 Å². The minimum Gasteiger partial charge on any atom is -0.380 e. The van der Waals surface area contributed by atoms with E-state index in [4.69, 9.17) is 15.0 Å². The molecule has 0 aliphatic carbocycles. The van der Waals surface area contributed by atoms with Gasteiger partial charge in [-0.25, -0.2) is 9.97 Å². The van der Waals surface area contributed by atoms with Crippen molar-refractivity contribution in [1.82, 2.24) is 24.3 Å². The van der Waals surface area contributed by atoms with Gasteiger partial charge in [-0.1, -0.05) is 0 Å². The van der Waals surface area contributed by atoms with Crippen molar-refractivity contribution in [3.05, 3.63) is 24.2 Å². The second-order valence-electron chi connectivity index (χ2n) is 5.93. The smallest absolute Gasteiger partial charge is 0.160 e. The lowest BCUT2D eigenvalue weighted by Gasteiger charge is -2.33. The van der Waals surface area contributed by atoms with Gasteiger partial charge < -0.3 is 9.30 Å². The predicted molar refractivity (Wildman–Crippen MR) is 91.4 cm³/mol. The maximum Gasteiger partial charge on any atom is 0.160 e. The number of piperazine rings is 1. The van der Waals surface area contributed by atoms with E-state index in [2.05, 4.69) is 25.4 Å². The first-order valence-corrected chi connectivity index (χ1v) is 8.51. The van der Waals surface area contributed by atoms with Gasteiger partial charge in [-0.3, -0.25) is 9.80 Å². The molecule has 0 amide bonds. The summed E-state index contributed by atoms with van der Waals surface area (Å²) in [7, 11) is 0. The fourth-order valence-electron chi connectivity index (χ4n) is 3.07. The largest absolute Gasteiger partial charge is 0.380 e. The van der Waals surface area contributed by atoms with Gasteiger partial charge in [0.05, 0.1) is 25.8 Å². The number of aromatic nitrogens is 3. The highest BCUT2D eigenvalue weighted by Gasteiger charge is 2.19. The topological polar surface area (TPSA) is 70.2 Å². The normalized spacial score (nSPS) is 16.5. The van der Waals surface area contributed by atoms with Gasteiger partial charge in [-0.05, 0) is 19.1 Å². The molecular formula is C17H24N6O. The van der Waals surface area contributed by atoms with Crippen LogP contribution in [0.1, 0.15) is 12.7 Å². The van der Waals surface area contributed by atoms with E-state index in [0.29, 0.717) is 13.2 Å². The van der Waals surface area contributed by atoms with Crippen molar-refractivity contribution >= 4 is 11.2 Å². The summed E-state index contributed by atoms with van der Waals surface area (Å²) in [5.74, 6) is 1.04. The quantitative estimate of drug-likeness (QED) is 0.560. The van der Waals surface area contributed by atoms with Crippen LogP contribution in [0.15, 0.2) is 18.3 Å². The monoisotopic (exact) mass is 328 g/mol. The van der Waals surface area contributed by atoms with Gasteiger partial charge in [0.25, 0.3) is 0 Å². The fourth-order valence-corrected chi connectivity index (χ4v) is 3.07. The number of pyridine rings is 1. The van der Waals surface area contributed by atoms with Gasteiger partial charge in [0.2, 0.25) is 0 Å². The van der Waals surface area contributed by atoms with Crippen LogP contribution in [0.3, 0.4) is 0 Å². The van der Waals surface area contributed by atoms with Crippen LogP contribution in [-0.2, 0) is 17.8 Å². The Bertz CT molecular complexity index is 699. The second-order valence-corrected chi connectivity index (χ2v) is 5.93. The molecule has 1 fully saturated rings. The zero-order valence-corrected chi connectivity index (χ0v) is 14.2. The van der Waals surface area contributed by atoms with Gasteiger partial charge in [-0.2, -0.15) is 5.26 Å². The van der Waals surface area contributed by atoms with E-state index in [-0.39, 0.29) is 0 Å². The summed E-state index contributed by atoms with van der Waals surface area (Å²) in [6.45, 7) is 9.28. The van der Waals surface area contributed by atoms with E-state index in [1.807, 2.05) is 25.3 Å². The number of nitrogens with zero attached hydrogens (tertiary/aromatic N) is 6. The van der Waals surface area contributed by atoms with Crippen LogP contribution >= 0.6 is 0 Å². The molecule has 3 heterocycles. The van der Waals surface area contributed by atoms with Crippen molar-refractivity contribution in [3.8, 4) is 6.07 Å². The summed E-state index contributed by atoms with van der Waals surface area (Å²) in [6, 6.07) is 6.16. The average Bonchev–Trinajstić information content (AvgIpc) is 2.95. The molecule has 128 valence electrons. The molecule has 0 atom stereocenters. The van der Waals surface area contributed by atoms with Crippen molar-refractivity contribution in [2.24, 2.45) is 0 Å². The Morgan fingerprint density at radius 3 is 2.79 bits per heavy atom. The zero-order valence-electron chi connectivity index (χ0n) is 14.2. The van der Waals surface area contributed by atoms with E-state index < -0.39 is 0 Å². The second kappa shape index (κ2) is 8.20. The Morgan fingerprint density at radius 2 is 2.04 bits per heavy atom. The highest BCUT2D eigenvalue weighted by Crippen LogP contribution is 2.16. The van der Waals surface area contributed by atoms with Crippen LogP contribution in [0.25, 0.3) is 11.2 Å². The van der Waals surface area contributed by atoms with Gasteiger partial charge in [0.15, 0.2) is 5.65 Å². The Balaban J connectivity index is 1.71. The summed E-state index contributed by atoms with van der Waals surface area (Å²) in [4.78, 5) is 13.9. The number of ether oxygens (including phenoxy) is 1. The lowest BCUT2D eigenvalue weighted by molar-refractivity contribution is 0.127. The molecule has 0 aromatic carbocycles. The average molecular weight is 328 g/mol. The lowest BCUT2D eigenvalue weighted by Crippen LogP contribution is -2.46. The maximum absolute atomic E-state index is 8.80. The third-order valence-corrected chi connectivity index (χ3v) is 4.37. The van der Waals surface area contributed by atoms with E-state index >= 15 is 0 Å². The molecule has 0 radical (unpaired) electrons. The molecule has 0 bridgehead atoms. The molecule has 2 aromatic heterocycles. The van der Waals surface area contributed by atoms with Gasteiger partial charge in [0.1, 0.15) is 11.3 Å². The third kappa shape index (κ3) is 3.90. The van der Waals surface area contributed by atoms with Crippen LogP contribution in [-0.4, -0.2) is 70.3 Å². The molecule has 0 unspecified atom stereocenters. The molecule has 0 spiro atoms. The molecule has 3 rings (SSSR count). The molecule has 2 aromatic rings. The standard InChI is InChI=1S/C17H24N6O/c1-2-24-13-12-23-16(20-15-4-3-6-19-17(15)23)14-22-10-8-21(7-5-18)9-11-22/h3-4,6H,2,7-14H2,1H3. The van der Waals surface area contributed by atoms with Gasteiger partial charge in [0, 0.05) is 45.5 Å². The van der Waals surface area contributed by atoms with Crippen LogP contribution < -0.4 is 0 Å². The summed E-state index contributed by atoms with van der Waals surface area (Å²) in [5.41, 5.74) is 1.86. The predicted octanol–water partition coefficient (Wildman–Crippen LogP) is 1.11. The molecule has 0 saturated carbocycles. The summed E-state index contributed by atoms with van der Waals surface area (Å²) >= 11 is 0. The van der Waals surface area contributed by atoms with Crippen molar-refractivity contribution in [3.63, 3.8) is 0 Å². The highest BCUT2D eigenvalue weighted by molar-refractivity contribution is 5.71. The van der Waals surface area contributed by atoms with Crippen molar-refractivity contribution < 1.29 is 4.74 Å². The Kier molecular flexibility index (Phi) is 5.75. The minimum absolute atomic E-state index is 0.518. The molecule has 7 nitrogen and oxygen atoms in total. The highest BCUT2D eigenvalue weighted by atomic mass is 16.5.